The van der Waals surface area contributed by atoms with Crippen molar-refractivity contribution in [3.63, 3.8) is 0 Å². The molecule has 1 saturated heterocycles. The highest BCUT2D eigenvalue weighted by molar-refractivity contribution is 8.16. The first-order chi connectivity index (χ1) is 4.39. The molecule has 0 N–H and O–H groups in total. The second-order valence-electron chi connectivity index (χ2n) is 1.97. The number of ketones is 1. The van der Waals surface area contributed by atoms with Crippen molar-refractivity contribution in [2.75, 3.05) is 16.6 Å². The Bertz CT molecular complexity index is 93.2. The standard InChI is InChI=1S/C6H10OS2/c7-6-1-3-8-5-9-4-2-6/h1-5H2. The zero-order valence-electron chi connectivity index (χ0n) is 5.26. The number of hydrogen-bond acceptors (Lipinski definition) is 3. The molecule has 1 rings (SSSR count). The van der Waals surface area contributed by atoms with Crippen molar-refractivity contribution < 1.29 is 4.79 Å². The fourth-order valence-corrected chi connectivity index (χ4v) is 2.83. The van der Waals surface area contributed by atoms with Crippen LogP contribution >= 0.6 is 23.5 Å². The van der Waals surface area contributed by atoms with Crippen LogP contribution in [0.2, 0.25) is 0 Å². The van der Waals surface area contributed by atoms with E-state index >= 15 is 0 Å². The number of carbonyl (C=O) groups is 1. The van der Waals surface area contributed by atoms with Gasteiger partial charge in [-0.3, -0.25) is 4.79 Å². The average molecular weight is 162 g/mol. The maximum absolute atomic E-state index is 10.8. The molecular weight excluding hydrogens is 152 g/mol. The molecular formula is C6H10OS2. The van der Waals surface area contributed by atoms with Crippen molar-refractivity contribution in [3.8, 4) is 0 Å². The smallest absolute Gasteiger partial charge is 0.134 e. The summed E-state index contributed by atoms with van der Waals surface area (Å²) in [5, 5.41) is 1.17. The lowest BCUT2D eigenvalue weighted by Gasteiger charge is -2.05. The van der Waals surface area contributed by atoms with Crippen LogP contribution in [0, 0.1) is 0 Å². The molecule has 0 atom stereocenters. The first kappa shape index (κ1) is 7.48. The van der Waals surface area contributed by atoms with Crippen molar-refractivity contribution in [1.29, 1.82) is 0 Å². The summed E-state index contributed by atoms with van der Waals surface area (Å²) in [5.74, 6) is 2.51. The number of carbonyl (C=O) groups excluding carboxylic acids is 1. The molecule has 0 amide bonds. The molecule has 52 valence electrons. The maximum atomic E-state index is 10.8. The Hall–Kier alpha value is 0.370. The Labute approximate surface area is 64.0 Å². The summed E-state index contributed by atoms with van der Waals surface area (Å²) in [6.07, 6.45) is 1.59. The van der Waals surface area contributed by atoms with E-state index in [2.05, 4.69) is 0 Å². The van der Waals surface area contributed by atoms with Gasteiger partial charge in [-0.2, -0.15) is 23.5 Å². The monoisotopic (exact) mass is 162 g/mol. The summed E-state index contributed by atoms with van der Waals surface area (Å²) in [4.78, 5) is 10.8. The van der Waals surface area contributed by atoms with E-state index in [4.69, 9.17) is 0 Å². The van der Waals surface area contributed by atoms with Crippen LogP contribution in [0.1, 0.15) is 12.8 Å². The third kappa shape index (κ3) is 3.16. The predicted molar refractivity (Wildman–Crippen MR) is 44.0 cm³/mol. The molecule has 0 aromatic heterocycles. The predicted octanol–water partition coefficient (Wildman–Crippen LogP) is 1.77. The van der Waals surface area contributed by atoms with E-state index in [9.17, 15) is 4.79 Å². The minimum absolute atomic E-state index is 0.440. The van der Waals surface area contributed by atoms with Gasteiger partial charge in [-0.1, -0.05) is 0 Å². The molecule has 1 aliphatic rings. The molecule has 1 aliphatic heterocycles. The van der Waals surface area contributed by atoms with Crippen molar-refractivity contribution >= 4 is 29.3 Å². The van der Waals surface area contributed by atoms with Gasteiger partial charge in [0, 0.05) is 29.4 Å². The Kier molecular flexibility index (Phi) is 3.51. The molecule has 1 fully saturated rings. The minimum Gasteiger partial charge on any atom is -0.300 e. The Morgan fingerprint density at radius 1 is 1.11 bits per heavy atom. The van der Waals surface area contributed by atoms with E-state index in [0.29, 0.717) is 5.78 Å². The van der Waals surface area contributed by atoms with E-state index in [1.54, 1.807) is 0 Å². The van der Waals surface area contributed by atoms with Gasteiger partial charge in [0.25, 0.3) is 0 Å². The van der Waals surface area contributed by atoms with Gasteiger partial charge in [-0.25, -0.2) is 0 Å². The highest BCUT2D eigenvalue weighted by Crippen LogP contribution is 2.17. The molecule has 0 radical (unpaired) electrons. The largest absolute Gasteiger partial charge is 0.300 e. The molecule has 0 spiro atoms. The van der Waals surface area contributed by atoms with Crippen molar-refractivity contribution in [2.45, 2.75) is 12.8 Å². The van der Waals surface area contributed by atoms with Crippen LogP contribution in [0.4, 0.5) is 0 Å². The van der Waals surface area contributed by atoms with Gasteiger partial charge in [0.05, 0.1) is 0 Å². The van der Waals surface area contributed by atoms with Gasteiger partial charge < -0.3 is 0 Å². The zero-order valence-corrected chi connectivity index (χ0v) is 6.89. The number of Topliss-reactive ketones (excluding diaryl/α,β-unsaturated/α-hetero) is 1. The minimum atomic E-state index is 0.440. The van der Waals surface area contributed by atoms with E-state index in [0.717, 1.165) is 24.3 Å². The summed E-state index contributed by atoms with van der Waals surface area (Å²) in [6.45, 7) is 0. The Balaban J connectivity index is 2.20. The van der Waals surface area contributed by atoms with Crippen LogP contribution in [0.25, 0.3) is 0 Å². The van der Waals surface area contributed by atoms with Gasteiger partial charge in [0.2, 0.25) is 0 Å². The van der Waals surface area contributed by atoms with Crippen molar-refractivity contribution in [2.24, 2.45) is 0 Å². The third-order valence-corrected chi connectivity index (χ3v) is 3.54. The molecule has 0 bridgehead atoms. The van der Waals surface area contributed by atoms with Crippen LogP contribution in [0.3, 0.4) is 0 Å². The molecule has 0 unspecified atom stereocenters. The topological polar surface area (TPSA) is 17.1 Å². The van der Waals surface area contributed by atoms with Crippen molar-refractivity contribution in [1.82, 2.24) is 0 Å². The van der Waals surface area contributed by atoms with Crippen LogP contribution in [-0.2, 0) is 4.79 Å². The Morgan fingerprint density at radius 3 is 2.22 bits per heavy atom. The lowest BCUT2D eigenvalue weighted by molar-refractivity contribution is -0.118. The van der Waals surface area contributed by atoms with Gasteiger partial charge in [0.1, 0.15) is 5.78 Å². The maximum Gasteiger partial charge on any atom is 0.134 e. The average Bonchev–Trinajstić information content (AvgIpc) is 1.79. The summed E-state index contributed by atoms with van der Waals surface area (Å²) < 4.78 is 0. The van der Waals surface area contributed by atoms with Crippen LogP contribution in [0.15, 0.2) is 0 Å². The SMILES string of the molecule is O=C1CCSCSCC1. The fourth-order valence-electron chi connectivity index (χ4n) is 0.674. The third-order valence-electron chi connectivity index (χ3n) is 1.22. The Morgan fingerprint density at radius 2 is 1.67 bits per heavy atom. The molecule has 1 heterocycles. The highest BCUT2D eigenvalue weighted by Gasteiger charge is 2.04. The number of thioether (sulfide) groups is 2. The van der Waals surface area contributed by atoms with Crippen molar-refractivity contribution in [3.05, 3.63) is 0 Å². The highest BCUT2D eigenvalue weighted by atomic mass is 32.2. The summed E-state index contributed by atoms with van der Waals surface area (Å²) in [5.41, 5.74) is 0. The van der Waals surface area contributed by atoms with E-state index < -0.39 is 0 Å². The van der Waals surface area contributed by atoms with E-state index in [1.807, 2.05) is 23.5 Å². The summed E-state index contributed by atoms with van der Waals surface area (Å²) in [7, 11) is 0. The molecule has 9 heavy (non-hydrogen) atoms. The molecule has 0 saturated carbocycles. The second-order valence-corrected chi connectivity index (χ2v) is 4.55. The van der Waals surface area contributed by atoms with Gasteiger partial charge in [-0.05, 0) is 0 Å². The lowest BCUT2D eigenvalue weighted by Crippen LogP contribution is -2.03. The number of rotatable bonds is 0. The number of hydrogen-bond donors (Lipinski definition) is 0. The normalized spacial score (nSPS) is 22.9. The summed E-state index contributed by atoms with van der Waals surface area (Å²) >= 11 is 3.75. The van der Waals surface area contributed by atoms with Gasteiger partial charge >= 0.3 is 0 Å². The first-order valence-electron chi connectivity index (χ1n) is 3.07. The molecule has 1 nitrogen and oxygen atoms in total. The van der Waals surface area contributed by atoms with Crippen LogP contribution in [-0.4, -0.2) is 22.4 Å². The molecule has 3 heteroatoms. The van der Waals surface area contributed by atoms with Crippen LogP contribution in [0.5, 0.6) is 0 Å². The summed E-state index contributed by atoms with van der Waals surface area (Å²) in [6, 6.07) is 0. The van der Waals surface area contributed by atoms with E-state index in [1.165, 1.54) is 5.08 Å². The molecule has 0 aromatic rings. The van der Waals surface area contributed by atoms with Crippen LogP contribution < -0.4 is 0 Å². The van der Waals surface area contributed by atoms with Gasteiger partial charge in [0.15, 0.2) is 0 Å². The zero-order chi connectivity index (χ0) is 6.53. The van der Waals surface area contributed by atoms with Gasteiger partial charge in [-0.15, -0.1) is 0 Å². The first-order valence-corrected chi connectivity index (χ1v) is 5.38. The quantitative estimate of drug-likeness (QED) is 0.540. The molecule has 0 aromatic carbocycles. The molecule has 0 aliphatic carbocycles. The second kappa shape index (κ2) is 4.23. The van der Waals surface area contributed by atoms with E-state index in [-0.39, 0.29) is 0 Å². The fraction of sp³-hybridized carbons (Fsp3) is 0.833. The lowest BCUT2D eigenvalue weighted by atomic mass is 10.2.